The summed E-state index contributed by atoms with van der Waals surface area (Å²) in [7, 11) is -1.26. The average Bonchev–Trinajstić information content (AvgIpc) is 2.98. The predicted molar refractivity (Wildman–Crippen MR) is 96.2 cm³/mol. The van der Waals surface area contributed by atoms with Crippen LogP contribution in [0, 0.1) is 12.8 Å². The van der Waals surface area contributed by atoms with Gasteiger partial charge < -0.3 is 9.30 Å². The number of amides is 1. The van der Waals surface area contributed by atoms with Gasteiger partial charge >= 0.3 is 0 Å². The average molecular weight is 347 g/mol. The van der Waals surface area contributed by atoms with Crippen molar-refractivity contribution in [3.8, 4) is 0 Å². The van der Waals surface area contributed by atoms with Crippen LogP contribution in [0.4, 0.5) is 0 Å². The van der Waals surface area contributed by atoms with Crippen LogP contribution >= 0.6 is 0 Å². The van der Waals surface area contributed by atoms with Crippen molar-refractivity contribution >= 4 is 22.4 Å². The zero-order chi connectivity index (χ0) is 17.3. The second-order valence-corrected chi connectivity index (χ2v) is 8.56. The number of aromatic nitrogens is 2. The van der Waals surface area contributed by atoms with Gasteiger partial charge in [0.1, 0.15) is 10.9 Å². The Kier molecular flexibility index (Phi) is 5.04. The Bertz CT molecular complexity index is 763. The summed E-state index contributed by atoms with van der Waals surface area (Å²) in [6, 6.07) is 5.91. The minimum absolute atomic E-state index is 0.0141. The van der Waals surface area contributed by atoms with Crippen LogP contribution in [0.5, 0.6) is 0 Å². The van der Waals surface area contributed by atoms with Gasteiger partial charge in [0.25, 0.3) is 0 Å². The van der Waals surface area contributed by atoms with Crippen molar-refractivity contribution in [2.45, 2.75) is 44.6 Å². The third-order valence-electron chi connectivity index (χ3n) is 4.87. The first kappa shape index (κ1) is 17.1. The number of piperidine rings is 1. The van der Waals surface area contributed by atoms with E-state index in [4.69, 9.17) is 0 Å². The molecule has 0 N–H and O–H groups in total. The molecule has 3 heterocycles. The highest BCUT2D eigenvalue weighted by Crippen LogP contribution is 2.18. The van der Waals surface area contributed by atoms with Crippen molar-refractivity contribution in [2.75, 3.05) is 13.1 Å². The van der Waals surface area contributed by atoms with Gasteiger partial charge in [-0.15, -0.1) is 0 Å². The number of hydrogen-bond acceptors (Lipinski definition) is 3. The molecule has 2 aromatic heterocycles. The van der Waals surface area contributed by atoms with Crippen molar-refractivity contribution < 1.29 is 9.00 Å². The molecule has 0 saturated carbocycles. The van der Waals surface area contributed by atoms with Gasteiger partial charge in [-0.25, -0.2) is 4.98 Å². The quantitative estimate of drug-likeness (QED) is 0.854. The van der Waals surface area contributed by atoms with E-state index in [1.165, 1.54) is 0 Å². The fourth-order valence-electron chi connectivity index (χ4n) is 3.14. The maximum absolute atomic E-state index is 12.6. The number of pyridine rings is 1. The van der Waals surface area contributed by atoms with E-state index >= 15 is 0 Å². The second kappa shape index (κ2) is 7.05. The highest BCUT2D eigenvalue weighted by Gasteiger charge is 2.28. The number of imidazole rings is 1. The zero-order valence-electron chi connectivity index (χ0n) is 14.6. The lowest BCUT2D eigenvalue weighted by atomic mass is 9.99. The largest absolute Gasteiger partial charge is 0.342 e. The molecule has 0 aromatic carbocycles. The van der Waals surface area contributed by atoms with Crippen molar-refractivity contribution in [1.29, 1.82) is 0 Å². The van der Waals surface area contributed by atoms with Crippen LogP contribution in [0.15, 0.2) is 24.4 Å². The Balaban J connectivity index is 1.66. The second-order valence-electron chi connectivity index (χ2n) is 6.80. The molecule has 1 amide bonds. The summed E-state index contributed by atoms with van der Waals surface area (Å²) < 4.78 is 14.6. The monoisotopic (exact) mass is 347 g/mol. The fraction of sp³-hybridized carbons (Fsp3) is 0.556. The van der Waals surface area contributed by atoms with Gasteiger partial charge in [-0.1, -0.05) is 13.0 Å². The molecule has 2 atom stereocenters. The molecule has 1 aliphatic heterocycles. The molecule has 0 bridgehead atoms. The molecule has 24 heavy (non-hydrogen) atoms. The van der Waals surface area contributed by atoms with E-state index in [0.717, 1.165) is 43.0 Å². The third kappa shape index (κ3) is 3.53. The maximum atomic E-state index is 12.6. The molecule has 0 unspecified atom stereocenters. The summed E-state index contributed by atoms with van der Waals surface area (Å²) in [4.78, 5) is 19.0. The van der Waals surface area contributed by atoms with Crippen LogP contribution in [-0.2, 0) is 21.3 Å². The minimum Gasteiger partial charge on any atom is -0.342 e. The van der Waals surface area contributed by atoms with Crippen molar-refractivity contribution in [3.63, 3.8) is 0 Å². The lowest BCUT2D eigenvalue weighted by Crippen LogP contribution is -2.44. The Morgan fingerprint density at radius 1 is 1.38 bits per heavy atom. The number of likely N-dealkylation sites (tertiary alicyclic amines) is 1. The standard InChI is InChI=1S/C18H25N3O2S/c1-13-7-9-20(10-8-13)18(22)15(3)24(23)12-16-11-21-14(2)5-4-6-17(21)19-16/h4-6,11,13,15H,7-10,12H2,1-3H3/t15-,24-/m1/s1. The molecule has 6 heteroatoms. The van der Waals surface area contributed by atoms with E-state index in [2.05, 4.69) is 11.9 Å². The van der Waals surface area contributed by atoms with Gasteiger partial charge in [0.05, 0.1) is 11.4 Å². The number of nitrogens with zero attached hydrogens (tertiary/aromatic N) is 3. The molecule has 130 valence electrons. The first-order valence-electron chi connectivity index (χ1n) is 8.55. The Hall–Kier alpha value is -1.69. The summed E-state index contributed by atoms with van der Waals surface area (Å²) in [5, 5.41) is -0.482. The minimum atomic E-state index is -1.26. The van der Waals surface area contributed by atoms with Crippen molar-refractivity contribution in [1.82, 2.24) is 14.3 Å². The number of fused-ring (bicyclic) bond motifs is 1. The van der Waals surface area contributed by atoms with E-state index in [1.807, 2.05) is 40.6 Å². The Morgan fingerprint density at radius 2 is 2.08 bits per heavy atom. The first-order valence-corrected chi connectivity index (χ1v) is 9.93. The van der Waals surface area contributed by atoms with E-state index in [1.54, 1.807) is 6.92 Å². The van der Waals surface area contributed by atoms with Crippen LogP contribution in [0.3, 0.4) is 0 Å². The van der Waals surface area contributed by atoms with Gasteiger partial charge in [0, 0.05) is 35.8 Å². The predicted octanol–water partition coefficient (Wildman–Crippen LogP) is 2.54. The van der Waals surface area contributed by atoms with Crippen molar-refractivity contribution in [3.05, 3.63) is 35.8 Å². The highest BCUT2D eigenvalue weighted by atomic mass is 32.2. The number of hydrogen-bond donors (Lipinski definition) is 0. The number of aryl methyl sites for hydroxylation is 1. The first-order chi connectivity index (χ1) is 11.5. The van der Waals surface area contributed by atoms with Gasteiger partial charge in [-0.2, -0.15) is 0 Å². The lowest BCUT2D eigenvalue weighted by molar-refractivity contribution is -0.131. The molecule has 2 aromatic rings. The van der Waals surface area contributed by atoms with Gasteiger partial charge in [-0.3, -0.25) is 9.00 Å². The third-order valence-corrected chi connectivity index (χ3v) is 6.44. The molecular formula is C18H25N3O2S. The Morgan fingerprint density at radius 3 is 2.75 bits per heavy atom. The van der Waals surface area contributed by atoms with E-state index < -0.39 is 16.0 Å². The summed E-state index contributed by atoms with van der Waals surface area (Å²) >= 11 is 0. The molecule has 0 radical (unpaired) electrons. The number of rotatable bonds is 4. The number of carbonyl (C=O) groups is 1. The van der Waals surface area contributed by atoms with Gasteiger partial charge in [0.15, 0.2) is 0 Å². The molecule has 0 aliphatic carbocycles. The van der Waals surface area contributed by atoms with Gasteiger partial charge in [0.2, 0.25) is 5.91 Å². The van der Waals surface area contributed by atoms with Crippen LogP contribution < -0.4 is 0 Å². The van der Waals surface area contributed by atoms with E-state index in [9.17, 15) is 9.00 Å². The molecule has 5 nitrogen and oxygen atoms in total. The van der Waals surface area contributed by atoms with Crippen LogP contribution in [0.25, 0.3) is 5.65 Å². The van der Waals surface area contributed by atoms with Crippen molar-refractivity contribution in [2.24, 2.45) is 5.92 Å². The summed E-state index contributed by atoms with van der Waals surface area (Å²) in [6.07, 6.45) is 4.00. The molecule has 3 rings (SSSR count). The molecule has 1 fully saturated rings. The zero-order valence-corrected chi connectivity index (χ0v) is 15.4. The molecule has 0 spiro atoms. The van der Waals surface area contributed by atoms with Gasteiger partial charge in [-0.05, 0) is 44.7 Å². The molecule has 1 aliphatic rings. The topological polar surface area (TPSA) is 54.7 Å². The fourth-order valence-corrected chi connectivity index (χ4v) is 4.19. The van der Waals surface area contributed by atoms with E-state index in [0.29, 0.717) is 11.7 Å². The maximum Gasteiger partial charge on any atom is 0.238 e. The summed E-state index contributed by atoms with van der Waals surface area (Å²) in [5.41, 5.74) is 2.71. The number of carbonyl (C=O) groups excluding carboxylic acids is 1. The normalized spacial score (nSPS) is 18.7. The summed E-state index contributed by atoms with van der Waals surface area (Å²) in [5.74, 6) is 1.01. The van der Waals surface area contributed by atoms with Crippen LogP contribution in [0.2, 0.25) is 0 Å². The lowest BCUT2D eigenvalue weighted by Gasteiger charge is -2.31. The van der Waals surface area contributed by atoms with Crippen LogP contribution in [0.1, 0.15) is 38.1 Å². The molecule has 1 saturated heterocycles. The Labute approximate surface area is 145 Å². The highest BCUT2D eigenvalue weighted by molar-refractivity contribution is 7.85. The summed E-state index contributed by atoms with van der Waals surface area (Å²) in [6.45, 7) is 7.58. The van der Waals surface area contributed by atoms with Crippen LogP contribution in [-0.4, -0.2) is 42.7 Å². The van der Waals surface area contributed by atoms with E-state index in [-0.39, 0.29) is 5.91 Å². The molecular weight excluding hydrogens is 322 g/mol. The SMILES string of the molecule is Cc1cccc2nc(C[S@@](=O)[C@H](C)C(=O)N3CCC(C)CC3)cn12. The smallest absolute Gasteiger partial charge is 0.238 e.